The number of hydrogen-bond acceptors (Lipinski definition) is 3. The number of nitrogens with zero attached hydrogens (tertiary/aromatic N) is 1. The van der Waals surface area contributed by atoms with Crippen molar-refractivity contribution in [2.24, 2.45) is 4.99 Å². The van der Waals surface area contributed by atoms with E-state index in [4.69, 9.17) is 9.47 Å². The maximum atomic E-state index is 12.1. The quantitative estimate of drug-likeness (QED) is 0.393. The van der Waals surface area contributed by atoms with Crippen molar-refractivity contribution in [2.75, 3.05) is 33.4 Å². The van der Waals surface area contributed by atoms with Gasteiger partial charge in [0, 0.05) is 33.4 Å². The standard InChI is InChI=1S/C16H25F2N3O2/c1-3-22-9-5-8-20-16(19-2)21-11-13-6-4-7-14(10-13)23-12-15(17)18/h4,6-7,10,15H,3,5,8-9,11-12H2,1-2H3,(H2,19,20,21). The lowest BCUT2D eigenvalue weighted by atomic mass is 10.2. The summed E-state index contributed by atoms with van der Waals surface area (Å²) in [4.78, 5) is 4.13. The Morgan fingerprint density at radius 2 is 2.13 bits per heavy atom. The molecule has 0 aromatic heterocycles. The zero-order valence-electron chi connectivity index (χ0n) is 13.6. The summed E-state index contributed by atoms with van der Waals surface area (Å²) in [7, 11) is 1.69. The fraction of sp³-hybridized carbons (Fsp3) is 0.562. The van der Waals surface area contributed by atoms with Crippen LogP contribution in [0.15, 0.2) is 29.3 Å². The highest BCUT2D eigenvalue weighted by atomic mass is 19.3. The van der Waals surface area contributed by atoms with Crippen LogP contribution in [0.5, 0.6) is 5.75 Å². The lowest BCUT2D eigenvalue weighted by Gasteiger charge is -2.12. The third-order valence-corrected chi connectivity index (χ3v) is 2.92. The molecule has 23 heavy (non-hydrogen) atoms. The Labute approximate surface area is 136 Å². The molecule has 5 nitrogen and oxygen atoms in total. The van der Waals surface area contributed by atoms with Crippen LogP contribution in [0, 0.1) is 0 Å². The molecule has 0 atom stereocenters. The first-order valence-electron chi connectivity index (χ1n) is 7.67. The van der Waals surface area contributed by atoms with E-state index in [0.717, 1.165) is 25.1 Å². The van der Waals surface area contributed by atoms with Crippen LogP contribution in [0.3, 0.4) is 0 Å². The van der Waals surface area contributed by atoms with Gasteiger partial charge in [-0.2, -0.15) is 0 Å². The third-order valence-electron chi connectivity index (χ3n) is 2.92. The first kappa shape index (κ1) is 19.2. The predicted octanol–water partition coefficient (Wildman–Crippen LogP) is 2.42. The van der Waals surface area contributed by atoms with Crippen LogP contribution in [0.25, 0.3) is 0 Å². The first-order valence-corrected chi connectivity index (χ1v) is 7.67. The summed E-state index contributed by atoms with van der Waals surface area (Å²) < 4.78 is 34.6. The molecule has 0 amide bonds. The summed E-state index contributed by atoms with van der Waals surface area (Å²) in [5.74, 6) is 1.12. The van der Waals surface area contributed by atoms with Gasteiger partial charge in [-0.05, 0) is 31.0 Å². The zero-order valence-corrected chi connectivity index (χ0v) is 13.6. The van der Waals surface area contributed by atoms with E-state index in [0.29, 0.717) is 24.9 Å². The SMILES string of the molecule is CCOCCCNC(=NC)NCc1cccc(OCC(F)F)c1. The van der Waals surface area contributed by atoms with E-state index >= 15 is 0 Å². The molecule has 1 rings (SSSR count). The van der Waals surface area contributed by atoms with Crippen LogP contribution < -0.4 is 15.4 Å². The molecule has 0 aliphatic heterocycles. The van der Waals surface area contributed by atoms with Crippen molar-refractivity contribution in [3.8, 4) is 5.75 Å². The molecule has 0 saturated heterocycles. The lowest BCUT2D eigenvalue weighted by Crippen LogP contribution is -2.37. The number of aliphatic imine (C=N–C) groups is 1. The predicted molar refractivity (Wildman–Crippen MR) is 87.3 cm³/mol. The van der Waals surface area contributed by atoms with Crippen LogP contribution in [0.4, 0.5) is 8.78 Å². The Morgan fingerprint density at radius 1 is 1.30 bits per heavy atom. The second-order valence-electron chi connectivity index (χ2n) is 4.75. The van der Waals surface area contributed by atoms with E-state index in [1.165, 1.54) is 0 Å². The first-order chi connectivity index (χ1) is 11.2. The van der Waals surface area contributed by atoms with Crippen molar-refractivity contribution in [3.05, 3.63) is 29.8 Å². The van der Waals surface area contributed by atoms with Crippen molar-refractivity contribution in [3.63, 3.8) is 0 Å². The average molecular weight is 329 g/mol. The monoisotopic (exact) mass is 329 g/mol. The highest BCUT2D eigenvalue weighted by Crippen LogP contribution is 2.14. The summed E-state index contributed by atoms with van der Waals surface area (Å²) in [5, 5.41) is 6.34. The molecule has 0 spiro atoms. The van der Waals surface area contributed by atoms with Gasteiger partial charge in [-0.15, -0.1) is 0 Å². The molecule has 0 radical (unpaired) electrons. The van der Waals surface area contributed by atoms with Gasteiger partial charge in [-0.3, -0.25) is 4.99 Å². The minimum atomic E-state index is -2.48. The lowest BCUT2D eigenvalue weighted by molar-refractivity contribution is 0.0818. The zero-order chi connectivity index (χ0) is 16.9. The van der Waals surface area contributed by atoms with Crippen LogP contribution in [0.2, 0.25) is 0 Å². The molecule has 0 bridgehead atoms. The molecule has 0 aliphatic rings. The smallest absolute Gasteiger partial charge is 0.272 e. The van der Waals surface area contributed by atoms with E-state index < -0.39 is 13.0 Å². The van der Waals surface area contributed by atoms with Gasteiger partial charge in [0.05, 0.1) is 0 Å². The summed E-state index contributed by atoms with van der Waals surface area (Å²) in [6.07, 6.45) is -1.58. The number of halogens is 2. The number of benzene rings is 1. The highest BCUT2D eigenvalue weighted by molar-refractivity contribution is 5.79. The van der Waals surface area contributed by atoms with E-state index in [1.54, 1.807) is 25.2 Å². The van der Waals surface area contributed by atoms with E-state index in [-0.39, 0.29) is 0 Å². The Balaban J connectivity index is 2.35. The molecular formula is C16H25F2N3O2. The number of ether oxygens (including phenoxy) is 2. The number of guanidine groups is 1. The van der Waals surface area contributed by atoms with Crippen molar-refractivity contribution >= 4 is 5.96 Å². The molecule has 7 heteroatoms. The van der Waals surface area contributed by atoms with E-state index in [2.05, 4.69) is 15.6 Å². The van der Waals surface area contributed by atoms with Gasteiger partial charge in [0.15, 0.2) is 5.96 Å². The second kappa shape index (κ2) is 11.6. The maximum absolute atomic E-state index is 12.1. The summed E-state index contributed by atoms with van der Waals surface area (Å²) in [6.45, 7) is 4.09. The third kappa shape index (κ3) is 8.97. The van der Waals surface area contributed by atoms with E-state index in [9.17, 15) is 8.78 Å². The van der Waals surface area contributed by atoms with Gasteiger partial charge in [0.2, 0.25) is 0 Å². The molecule has 130 valence electrons. The second-order valence-corrected chi connectivity index (χ2v) is 4.75. The van der Waals surface area contributed by atoms with Gasteiger partial charge in [0.1, 0.15) is 12.4 Å². The van der Waals surface area contributed by atoms with Gasteiger partial charge in [-0.25, -0.2) is 8.78 Å². The van der Waals surface area contributed by atoms with Gasteiger partial charge in [-0.1, -0.05) is 12.1 Å². The van der Waals surface area contributed by atoms with Gasteiger partial charge < -0.3 is 20.1 Å². The summed E-state index contributed by atoms with van der Waals surface area (Å²) in [5.41, 5.74) is 0.925. The molecule has 0 saturated carbocycles. The Morgan fingerprint density at radius 3 is 2.83 bits per heavy atom. The average Bonchev–Trinajstić information content (AvgIpc) is 2.56. The minimum Gasteiger partial charge on any atom is -0.488 e. The number of rotatable bonds is 10. The molecule has 0 aliphatic carbocycles. The van der Waals surface area contributed by atoms with Crippen molar-refractivity contribution in [1.82, 2.24) is 10.6 Å². The summed E-state index contributed by atoms with van der Waals surface area (Å²) >= 11 is 0. The molecule has 0 fully saturated rings. The van der Waals surface area contributed by atoms with Crippen LogP contribution in [0.1, 0.15) is 18.9 Å². The van der Waals surface area contributed by atoms with Crippen molar-refractivity contribution in [2.45, 2.75) is 26.3 Å². The fourth-order valence-corrected chi connectivity index (χ4v) is 1.84. The minimum absolute atomic E-state index is 0.435. The molecule has 0 unspecified atom stereocenters. The number of nitrogens with one attached hydrogen (secondary N) is 2. The van der Waals surface area contributed by atoms with Crippen molar-refractivity contribution in [1.29, 1.82) is 0 Å². The van der Waals surface area contributed by atoms with Crippen LogP contribution >= 0.6 is 0 Å². The van der Waals surface area contributed by atoms with Gasteiger partial charge >= 0.3 is 0 Å². The van der Waals surface area contributed by atoms with Crippen molar-refractivity contribution < 1.29 is 18.3 Å². The Hall–Kier alpha value is -1.89. The molecule has 0 heterocycles. The van der Waals surface area contributed by atoms with Crippen LogP contribution in [-0.4, -0.2) is 45.8 Å². The Kier molecular flexibility index (Phi) is 9.70. The number of alkyl halides is 2. The highest BCUT2D eigenvalue weighted by Gasteiger charge is 2.04. The van der Waals surface area contributed by atoms with E-state index in [1.807, 2.05) is 13.0 Å². The molecule has 1 aromatic carbocycles. The van der Waals surface area contributed by atoms with Crippen LogP contribution in [-0.2, 0) is 11.3 Å². The molecule has 1 aromatic rings. The Bertz CT molecular complexity index is 470. The normalized spacial score (nSPS) is 11.6. The van der Waals surface area contributed by atoms with Gasteiger partial charge in [0.25, 0.3) is 6.43 Å². The fourth-order valence-electron chi connectivity index (χ4n) is 1.84. The molecule has 2 N–H and O–H groups in total. The largest absolute Gasteiger partial charge is 0.488 e. The molecular weight excluding hydrogens is 304 g/mol. The topological polar surface area (TPSA) is 54.9 Å². The number of hydrogen-bond donors (Lipinski definition) is 2. The maximum Gasteiger partial charge on any atom is 0.272 e. The summed E-state index contributed by atoms with van der Waals surface area (Å²) in [6, 6.07) is 7.06.